The van der Waals surface area contributed by atoms with Crippen LogP contribution in [-0.4, -0.2) is 6.54 Å². The number of hydrogen-bond donors (Lipinski definition) is 3. The van der Waals surface area contributed by atoms with E-state index in [0.717, 1.165) is 30.8 Å². The van der Waals surface area contributed by atoms with Crippen LogP contribution in [0.15, 0.2) is 11.4 Å². The number of rotatable bonds is 1. The third-order valence-electron chi connectivity index (χ3n) is 1.63. The van der Waals surface area contributed by atoms with Crippen LogP contribution in [-0.2, 0) is 0 Å². The summed E-state index contributed by atoms with van der Waals surface area (Å²) in [5.41, 5.74) is 4.62. The van der Waals surface area contributed by atoms with Gasteiger partial charge in [-0.1, -0.05) is 5.92 Å². The number of nitrogens with one attached hydrogen (secondary N) is 2. The Morgan fingerprint density at radius 1 is 1.64 bits per heavy atom. The van der Waals surface area contributed by atoms with Crippen LogP contribution in [0.5, 0.6) is 0 Å². The van der Waals surface area contributed by atoms with Crippen LogP contribution >= 0.6 is 0 Å². The minimum absolute atomic E-state index is 0.946. The molecule has 1 rings (SSSR count). The molecule has 0 aromatic rings. The van der Waals surface area contributed by atoms with E-state index in [-0.39, 0.29) is 0 Å². The maximum atomic E-state index is 5.31. The zero-order chi connectivity index (χ0) is 8.10. The van der Waals surface area contributed by atoms with E-state index < -0.39 is 0 Å². The van der Waals surface area contributed by atoms with Crippen molar-refractivity contribution < 1.29 is 0 Å². The molecule has 3 heteroatoms. The summed E-state index contributed by atoms with van der Waals surface area (Å²) in [5.74, 6) is 11.1. The Bertz CT molecular complexity index is 219. The van der Waals surface area contributed by atoms with E-state index in [1.807, 2.05) is 6.92 Å². The monoisotopic (exact) mass is 151 g/mol. The minimum atomic E-state index is 0.946. The Morgan fingerprint density at radius 3 is 3.09 bits per heavy atom. The van der Waals surface area contributed by atoms with Crippen LogP contribution < -0.4 is 16.6 Å². The summed E-state index contributed by atoms with van der Waals surface area (Å²) < 4.78 is 0. The lowest BCUT2D eigenvalue weighted by Crippen LogP contribution is -2.31. The van der Waals surface area contributed by atoms with Crippen molar-refractivity contribution >= 4 is 0 Å². The first kappa shape index (κ1) is 7.96. The van der Waals surface area contributed by atoms with E-state index in [1.165, 1.54) is 0 Å². The molecule has 0 unspecified atom stereocenters. The second kappa shape index (κ2) is 3.89. The zero-order valence-corrected chi connectivity index (χ0v) is 6.70. The lowest BCUT2D eigenvalue weighted by atomic mass is 10.1. The van der Waals surface area contributed by atoms with Crippen LogP contribution in [0.25, 0.3) is 0 Å². The molecule has 0 spiro atoms. The third kappa shape index (κ3) is 1.89. The normalized spacial score (nSPS) is 16.5. The molecule has 0 bridgehead atoms. The molecule has 0 radical (unpaired) electrons. The third-order valence-corrected chi connectivity index (χ3v) is 1.63. The molecule has 0 saturated heterocycles. The molecule has 3 nitrogen and oxygen atoms in total. The average molecular weight is 151 g/mol. The molecule has 1 heterocycles. The Morgan fingerprint density at radius 2 is 2.45 bits per heavy atom. The second-order valence-corrected chi connectivity index (χ2v) is 2.40. The van der Waals surface area contributed by atoms with Crippen molar-refractivity contribution in [3.63, 3.8) is 0 Å². The summed E-state index contributed by atoms with van der Waals surface area (Å²) in [7, 11) is 0. The van der Waals surface area contributed by atoms with E-state index in [0.29, 0.717) is 0 Å². The van der Waals surface area contributed by atoms with Gasteiger partial charge in [0, 0.05) is 6.54 Å². The van der Waals surface area contributed by atoms with Gasteiger partial charge in [0.2, 0.25) is 0 Å². The van der Waals surface area contributed by atoms with Crippen molar-refractivity contribution in [2.45, 2.75) is 19.8 Å². The first-order valence-corrected chi connectivity index (χ1v) is 3.75. The lowest BCUT2D eigenvalue weighted by Gasteiger charge is -2.17. The van der Waals surface area contributed by atoms with Crippen LogP contribution in [0.4, 0.5) is 0 Å². The fraction of sp³-hybridized carbons (Fsp3) is 0.500. The minimum Gasteiger partial charge on any atom is -0.377 e. The van der Waals surface area contributed by atoms with Gasteiger partial charge in [0.25, 0.3) is 0 Å². The molecule has 0 amide bonds. The van der Waals surface area contributed by atoms with E-state index in [9.17, 15) is 0 Å². The molecule has 1 aliphatic heterocycles. The molecule has 0 saturated carbocycles. The van der Waals surface area contributed by atoms with Crippen LogP contribution in [0.1, 0.15) is 19.8 Å². The number of hydrogen-bond acceptors (Lipinski definition) is 3. The fourth-order valence-corrected chi connectivity index (χ4v) is 1.10. The quantitative estimate of drug-likeness (QED) is 0.282. The van der Waals surface area contributed by atoms with Crippen molar-refractivity contribution in [2.75, 3.05) is 6.54 Å². The predicted molar refractivity (Wildman–Crippen MR) is 45.0 cm³/mol. The topological polar surface area (TPSA) is 50.1 Å². The largest absolute Gasteiger partial charge is 0.377 e. The molecule has 60 valence electrons. The first-order chi connectivity index (χ1) is 5.38. The molecular weight excluding hydrogens is 138 g/mol. The Hall–Kier alpha value is -1.14. The highest BCUT2D eigenvalue weighted by Gasteiger charge is 2.07. The first-order valence-electron chi connectivity index (χ1n) is 3.75. The van der Waals surface area contributed by atoms with E-state index in [1.54, 1.807) is 0 Å². The standard InChI is InChI=1S/C8H13N3/c1-2-4-7-8(11-9)5-3-6-10-7/h10-11H,3,5-6,9H2,1H3. The summed E-state index contributed by atoms with van der Waals surface area (Å²) in [6, 6.07) is 0. The van der Waals surface area contributed by atoms with Crippen molar-refractivity contribution in [3.05, 3.63) is 11.4 Å². The Kier molecular flexibility index (Phi) is 2.82. The van der Waals surface area contributed by atoms with Crippen LogP contribution in [0.3, 0.4) is 0 Å². The molecule has 0 aromatic heterocycles. The Labute approximate surface area is 67.0 Å². The van der Waals surface area contributed by atoms with Gasteiger partial charge >= 0.3 is 0 Å². The molecular formula is C8H13N3. The molecule has 11 heavy (non-hydrogen) atoms. The average Bonchev–Trinajstić information content (AvgIpc) is 2.06. The fourth-order valence-electron chi connectivity index (χ4n) is 1.10. The second-order valence-electron chi connectivity index (χ2n) is 2.40. The van der Waals surface area contributed by atoms with Gasteiger partial charge in [-0.05, 0) is 25.7 Å². The molecule has 4 N–H and O–H groups in total. The summed E-state index contributed by atoms with van der Waals surface area (Å²) in [4.78, 5) is 0. The van der Waals surface area contributed by atoms with Gasteiger partial charge in [0.1, 0.15) is 5.70 Å². The van der Waals surface area contributed by atoms with Crippen molar-refractivity contribution in [2.24, 2.45) is 5.84 Å². The Balaban J connectivity index is 2.78. The zero-order valence-electron chi connectivity index (χ0n) is 6.70. The molecule has 1 aliphatic rings. The van der Waals surface area contributed by atoms with Gasteiger partial charge in [0.15, 0.2) is 0 Å². The SMILES string of the molecule is CC#CC1=C(NN)CCCN1. The van der Waals surface area contributed by atoms with Gasteiger partial charge in [0.05, 0.1) is 5.70 Å². The summed E-state index contributed by atoms with van der Waals surface area (Å²) >= 11 is 0. The number of nitrogens with two attached hydrogens (primary N) is 1. The van der Waals surface area contributed by atoms with Gasteiger partial charge in [-0.25, -0.2) is 0 Å². The van der Waals surface area contributed by atoms with E-state index >= 15 is 0 Å². The summed E-state index contributed by atoms with van der Waals surface area (Å²) in [5, 5.41) is 3.18. The number of hydrazine groups is 1. The van der Waals surface area contributed by atoms with Crippen molar-refractivity contribution in [1.29, 1.82) is 0 Å². The van der Waals surface area contributed by atoms with Gasteiger partial charge in [-0.2, -0.15) is 0 Å². The van der Waals surface area contributed by atoms with Gasteiger partial charge in [-0.15, -0.1) is 0 Å². The maximum absolute atomic E-state index is 5.31. The van der Waals surface area contributed by atoms with E-state index in [4.69, 9.17) is 5.84 Å². The lowest BCUT2D eigenvalue weighted by molar-refractivity contribution is 0.631. The number of allylic oxidation sites excluding steroid dienone is 2. The predicted octanol–water partition coefficient (Wildman–Crippen LogP) is 0.0680. The molecule has 0 aliphatic carbocycles. The maximum Gasteiger partial charge on any atom is 0.106 e. The van der Waals surface area contributed by atoms with E-state index in [2.05, 4.69) is 22.6 Å². The molecule has 0 fully saturated rings. The highest BCUT2D eigenvalue weighted by atomic mass is 15.2. The molecule has 0 aromatic carbocycles. The van der Waals surface area contributed by atoms with Crippen molar-refractivity contribution in [3.8, 4) is 11.8 Å². The van der Waals surface area contributed by atoms with Gasteiger partial charge < -0.3 is 10.7 Å². The summed E-state index contributed by atoms with van der Waals surface area (Å²) in [6.45, 7) is 2.81. The highest BCUT2D eigenvalue weighted by molar-refractivity contribution is 5.32. The van der Waals surface area contributed by atoms with Crippen LogP contribution in [0, 0.1) is 11.8 Å². The smallest absolute Gasteiger partial charge is 0.106 e. The highest BCUT2D eigenvalue weighted by Crippen LogP contribution is 2.09. The molecule has 0 atom stereocenters. The summed E-state index contributed by atoms with van der Waals surface area (Å²) in [6.07, 6.45) is 2.11. The van der Waals surface area contributed by atoms with Crippen LogP contribution in [0.2, 0.25) is 0 Å². The van der Waals surface area contributed by atoms with Crippen molar-refractivity contribution in [1.82, 2.24) is 10.7 Å². The van der Waals surface area contributed by atoms with Gasteiger partial charge in [-0.3, -0.25) is 5.84 Å².